The summed E-state index contributed by atoms with van der Waals surface area (Å²) >= 11 is 3.60. The van der Waals surface area contributed by atoms with Gasteiger partial charge in [0.1, 0.15) is 0 Å². The Morgan fingerprint density at radius 1 is 1.11 bits per heavy atom. The molecule has 2 heteroatoms. The third-order valence-corrected chi connectivity index (χ3v) is 3.75. The molecule has 0 saturated carbocycles. The van der Waals surface area contributed by atoms with Gasteiger partial charge in [-0.2, -0.15) is 0 Å². The van der Waals surface area contributed by atoms with Crippen LogP contribution in [0.4, 0.5) is 5.69 Å². The fraction of sp³-hybridized carbons (Fsp3) is 0.250. The number of nitrogens with one attached hydrogen (secondary N) is 1. The second-order valence-electron chi connectivity index (χ2n) is 4.50. The molecule has 0 aromatic heterocycles. The highest BCUT2D eigenvalue weighted by molar-refractivity contribution is 9.10. The van der Waals surface area contributed by atoms with Crippen molar-refractivity contribution < 1.29 is 0 Å². The second kappa shape index (κ2) is 6.05. The molecule has 1 unspecified atom stereocenters. The Balaban J connectivity index is 2.23. The van der Waals surface area contributed by atoms with Crippen LogP contribution in [0.25, 0.3) is 0 Å². The first-order valence-electron chi connectivity index (χ1n) is 6.28. The zero-order chi connectivity index (χ0) is 13.0. The predicted octanol–water partition coefficient (Wildman–Crippen LogP) is 5.32. The summed E-state index contributed by atoms with van der Waals surface area (Å²) < 4.78 is 1.11. The molecule has 18 heavy (non-hydrogen) atoms. The molecule has 1 atom stereocenters. The van der Waals surface area contributed by atoms with Crippen LogP contribution in [0.5, 0.6) is 0 Å². The number of halogens is 1. The number of hydrogen-bond donors (Lipinski definition) is 1. The van der Waals surface area contributed by atoms with Gasteiger partial charge in [0.15, 0.2) is 0 Å². The highest BCUT2D eigenvalue weighted by Gasteiger charge is 2.10. The van der Waals surface area contributed by atoms with Gasteiger partial charge in [-0.1, -0.05) is 43.3 Å². The van der Waals surface area contributed by atoms with Crippen molar-refractivity contribution in [3.63, 3.8) is 0 Å². The largest absolute Gasteiger partial charge is 0.377 e. The standard InChI is InChI=1S/C16H18BrN/c1-3-15(13-7-5-4-6-8-13)18-16-11-12(2)9-10-14(16)17/h4-11,15,18H,3H2,1-2H3. The second-order valence-corrected chi connectivity index (χ2v) is 5.35. The van der Waals surface area contributed by atoms with Gasteiger partial charge >= 0.3 is 0 Å². The van der Waals surface area contributed by atoms with Crippen LogP contribution in [0, 0.1) is 6.92 Å². The van der Waals surface area contributed by atoms with E-state index in [1.807, 2.05) is 0 Å². The Bertz CT molecular complexity index is 508. The molecule has 0 fully saturated rings. The van der Waals surface area contributed by atoms with Crippen molar-refractivity contribution in [2.75, 3.05) is 5.32 Å². The molecule has 0 spiro atoms. The van der Waals surface area contributed by atoms with Gasteiger partial charge < -0.3 is 5.32 Å². The highest BCUT2D eigenvalue weighted by Crippen LogP contribution is 2.28. The van der Waals surface area contributed by atoms with Crippen LogP contribution in [0.1, 0.15) is 30.5 Å². The monoisotopic (exact) mass is 303 g/mol. The van der Waals surface area contributed by atoms with Gasteiger partial charge in [-0.3, -0.25) is 0 Å². The van der Waals surface area contributed by atoms with Crippen molar-refractivity contribution in [3.8, 4) is 0 Å². The van der Waals surface area contributed by atoms with Gasteiger partial charge in [-0.15, -0.1) is 0 Å². The van der Waals surface area contributed by atoms with Crippen LogP contribution in [0.2, 0.25) is 0 Å². The highest BCUT2D eigenvalue weighted by atomic mass is 79.9. The van der Waals surface area contributed by atoms with E-state index in [1.54, 1.807) is 0 Å². The van der Waals surface area contributed by atoms with Crippen molar-refractivity contribution in [1.82, 2.24) is 0 Å². The van der Waals surface area contributed by atoms with Crippen molar-refractivity contribution in [2.45, 2.75) is 26.3 Å². The SMILES string of the molecule is CCC(Nc1cc(C)ccc1Br)c1ccccc1. The molecule has 0 heterocycles. The van der Waals surface area contributed by atoms with E-state index in [1.165, 1.54) is 11.1 Å². The van der Waals surface area contributed by atoms with E-state index in [9.17, 15) is 0 Å². The number of hydrogen-bond acceptors (Lipinski definition) is 1. The molecule has 0 amide bonds. The minimum absolute atomic E-state index is 0.351. The molecule has 1 nitrogen and oxygen atoms in total. The van der Waals surface area contributed by atoms with Crippen molar-refractivity contribution >= 4 is 21.6 Å². The fourth-order valence-corrected chi connectivity index (χ4v) is 2.40. The van der Waals surface area contributed by atoms with E-state index in [0.717, 1.165) is 16.6 Å². The lowest BCUT2D eigenvalue weighted by Gasteiger charge is -2.20. The Hall–Kier alpha value is -1.28. The topological polar surface area (TPSA) is 12.0 Å². The number of anilines is 1. The Labute approximate surface area is 117 Å². The van der Waals surface area contributed by atoms with Crippen LogP contribution in [-0.2, 0) is 0 Å². The average molecular weight is 304 g/mol. The first-order valence-corrected chi connectivity index (χ1v) is 7.07. The van der Waals surface area contributed by atoms with Crippen molar-refractivity contribution in [1.29, 1.82) is 0 Å². The maximum absolute atomic E-state index is 3.61. The third kappa shape index (κ3) is 3.14. The molecule has 2 rings (SSSR count). The normalized spacial score (nSPS) is 12.2. The first-order chi connectivity index (χ1) is 8.70. The van der Waals surface area contributed by atoms with Gasteiger partial charge in [-0.05, 0) is 52.5 Å². The van der Waals surface area contributed by atoms with Crippen LogP contribution in [0.15, 0.2) is 53.0 Å². The van der Waals surface area contributed by atoms with Crippen molar-refractivity contribution in [2.24, 2.45) is 0 Å². The summed E-state index contributed by atoms with van der Waals surface area (Å²) in [6.45, 7) is 4.31. The van der Waals surface area contributed by atoms with Crippen LogP contribution in [0.3, 0.4) is 0 Å². The molecule has 0 radical (unpaired) electrons. The van der Waals surface area contributed by atoms with Gasteiger partial charge in [0.25, 0.3) is 0 Å². The molecule has 0 aliphatic carbocycles. The van der Waals surface area contributed by atoms with E-state index >= 15 is 0 Å². The Kier molecular flexibility index (Phi) is 4.43. The molecule has 94 valence electrons. The minimum atomic E-state index is 0.351. The number of benzene rings is 2. The van der Waals surface area contributed by atoms with E-state index in [4.69, 9.17) is 0 Å². The van der Waals surface area contributed by atoms with E-state index < -0.39 is 0 Å². The van der Waals surface area contributed by atoms with Crippen LogP contribution >= 0.6 is 15.9 Å². The summed E-state index contributed by atoms with van der Waals surface area (Å²) in [5.41, 5.74) is 3.75. The van der Waals surface area contributed by atoms with Gasteiger partial charge in [0, 0.05) is 10.2 Å². The van der Waals surface area contributed by atoms with Gasteiger partial charge in [0.05, 0.1) is 6.04 Å². The Morgan fingerprint density at radius 2 is 1.83 bits per heavy atom. The minimum Gasteiger partial charge on any atom is -0.377 e. The third-order valence-electron chi connectivity index (χ3n) is 3.06. The molecule has 2 aromatic rings. The van der Waals surface area contributed by atoms with E-state index in [-0.39, 0.29) is 0 Å². The number of rotatable bonds is 4. The summed E-state index contributed by atoms with van der Waals surface area (Å²) in [5.74, 6) is 0. The summed E-state index contributed by atoms with van der Waals surface area (Å²) in [6.07, 6.45) is 1.06. The lowest BCUT2D eigenvalue weighted by atomic mass is 10.0. The molecular formula is C16H18BrN. The first kappa shape index (κ1) is 13.2. The lowest BCUT2D eigenvalue weighted by molar-refractivity contribution is 0.749. The smallest absolute Gasteiger partial charge is 0.0511 e. The zero-order valence-corrected chi connectivity index (χ0v) is 12.4. The van der Waals surface area contributed by atoms with Crippen molar-refractivity contribution in [3.05, 3.63) is 64.1 Å². The molecule has 0 aliphatic rings. The summed E-state index contributed by atoms with van der Waals surface area (Å²) in [6, 6.07) is 17.3. The quantitative estimate of drug-likeness (QED) is 0.806. The molecular weight excluding hydrogens is 286 g/mol. The summed E-state index contributed by atoms with van der Waals surface area (Å²) in [5, 5.41) is 3.61. The zero-order valence-electron chi connectivity index (χ0n) is 10.8. The Morgan fingerprint density at radius 3 is 2.50 bits per heavy atom. The molecule has 0 bridgehead atoms. The average Bonchev–Trinajstić information content (AvgIpc) is 2.41. The summed E-state index contributed by atoms with van der Waals surface area (Å²) in [7, 11) is 0. The summed E-state index contributed by atoms with van der Waals surface area (Å²) in [4.78, 5) is 0. The molecule has 0 aliphatic heterocycles. The number of aryl methyl sites for hydroxylation is 1. The molecule has 1 N–H and O–H groups in total. The fourth-order valence-electron chi connectivity index (χ4n) is 2.04. The van der Waals surface area contributed by atoms with Gasteiger partial charge in [-0.25, -0.2) is 0 Å². The van der Waals surface area contributed by atoms with E-state index in [0.29, 0.717) is 6.04 Å². The maximum Gasteiger partial charge on any atom is 0.0511 e. The molecule has 0 saturated heterocycles. The van der Waals surface area contributed by atoms with E-state index in [2.05, 4.69) is 83.6 Å². The lowest BCUT2D eigenvalue weighted by Crippen LogP contribution is -2.10. The predicted molar refractivity (Wildman–Crippen MR) is 82.0 cm³/mol. The van der Waals surface area contributed by atoms with Crippen LogP contribution < -0.4 is 5.32 Å². The van der Waals surface area contributed by atoms with Crippen LogP contribution in [-0.4, -0.2) is 0 Å². The van der Waals surface area contributed by atoms with Gasteiger partial charge in [0.2, 0.25) is 0 Å². The molecule has 2 aromatic carbocycles. The maximum atomic E-state index is 3.61.